The highest BCUT2D eigenvalue weighted by molar-refractivity contribution is 5.57. The van der Waals surface area contributed by atoms with E-state index < -0.39 is 98.3 Å². The predicted octanol–water partition coefficient (Wildman–Crippen LogP) is 6.19. The van der Waals surface area contributed by atoms with Crippen LogP contribution in [-0.4, -0.2) is 23.1 Å². The molecule has 0 heterocycles. The molecule has 0 saturated heterocycles. The fraction of sp³-hybridized carbons (Fsp3) is 0.294. The zero-order valence-corrected chi connectivity index (χ0v) is 15.4. The maximum atomic E-state index is 15.3. The highest BCUT2D eigenvalue weighted by Gasteiger charge is 2.90. The van der Waals surface area contributed by atoms with Gasteiger partial charge >= 0.3 is 18.0 Å². The van der Waals surface area contributed by atoms with Crippen molar-refractivity contribution in [1.82, 2.24) is 0 Å². The number of rotatable bonds is 2. The van der Waals surface area contributed by atoms with Gasteiger partial charge < -0.3 is 5.11 Å². The summed E-state index contributed by atoms with van der Waals surface area (Å²) in [6.45, 7) is 0. The van der Waals surface area contributed by atoms with Gasteiger partial charge in [-0.05, 0) is 0 Å². The number of benzene rings is 2. The van der Waals surface area contributed by atoms with Gasteiger partial charge in [0.15, 0.2) is 52.1 Å². The predicted molar refractivity (Wildman–Crippen MR) is 74.2 cm³/mol. The Morgan fingerprint density at radius 1 is 0.457 bits per heavy atom. The van der Waals surface area contributed by atoms with Crippen molar-refractivity contribution in [2.24, 2.45) is 0 Å². The molecule has 2 aromatic carbocycles. The first-order chi connectivity index (χ1) is 15.6. The zero-order valence-electron chi connectivity index (χ0n) is 15.4. The minimum Gasteiger partial charge on any atom is -0.374 e. The van der Waals surface area contributed by atoms with Crippen LogP contribution in [0.2, 0.25) is 0 Å². The molecule has 0 fully saturated rings. The zero-order chi connectivity index (χ0) is 27.4. The SMILES string of the molecule is OC1(c2c(F)c(F)c(F)c(F)c2F)c2c(F)c(F)c(F)c(F)c2C(F)(C(F)(F)C(F)(F)F)C1(F)F. The Morgan fingerprint density at radius 2 is 0.743 bits per heavy atom. The molecule has 0 radical (unpaired) electrons. The van der Waals surface area contributed by atoms with Crippen LogP contribution in [0.1, 0.15) is 16.7 Å². The molecule has 2 aromatic rings. The minimum atomic E-state index is -7.72. The molecule has 0 aliphatic heterocycles. The smallest absolute Gasteiger partial charge is 0.374 e. The fourth-order valence-electron chi connectivity index (χ4n) is 3.61. The molecule has 1 nitrogen and oxygen atoms in total. The molecule has 2 unspecified atom stereocenters. The van der Waals surface area contributed by atoms with E-state index in [0.29, 0.717) is 0 Å². The summed E-state index contributed by atoms with van der Waals surface area (Å²) in [5, 5.41) is 10.2. The van der Waals surface area contributed by atoms with Crippen LogP contribution in [0.4, 0.5) is 74.6 Å². The number of hydrogen-bond acceptors (Lipinski definition) is 1. The lowest BCUT2D eigenvalue weighted by atomic mass is 9.80. The van der Waals surface area contributed by atoms with E-state index in [1.165, 1.54) is 0 Å². The molecule has 1 aliphatic rings. The number of alkyl halides is 8. The lowest BCUT2D eigenvalue weighted by Gasteiger charge is -2.40. The second-order valence-corrected chi connectivity index (χ2v) is 6.97. The summed E-state index contributed by atoms with van der Waals surface area (Å²) in [7, 11) is 0. The van der Waals surface area contributed by atoms with Crippen molar-refractivity contribution in [2.45, 2.75) is 29.3 Å². The van der Waals surface area contributed by atoms with Gasteiger partial charge in [-0.1, -0.05) is 0 Å². The molecule has 0 bridgehead atoms. The average molecular weight is 544 g/mol. The molecular formula is C17HF17O. The molecule has 0 amide bonds. The number of fused-ring (bicyclic) bond motifs is 1. The summed E-state index contributed by atoms with van der Waals surface area (Å²) in [5.41, 5.74) is -24.4. The largest absolute Gasteiger partial charge is 0.457 e. The van der Waals surface area contributed by atoms with Gasteiger partial charge in [0, 0.05) is 5.56 Å². The molecule has 2 atom stereocenters. The highest BCUT2D eigenvalue weighted by atomic mass is 19.4. The Kier molecular flexibility index (Phi) is 5.46. The Balaban J connectivity index is 2.74. The summed E-state index contributed by atoms with van der Waals surface area (Å²) < 4.78 is 237. The van der Waals surface area contributed by atoms with Crippen molar-refractivity contribution >= 4 is 0 Å². The molecule has 18 heteroatoms. The first kappa shape index (κ1) is 26.8. The third-order valence-corrected chi connectivity index (χ3v) is 5.22. The minimum absolute atomic E-state index is 3.21. The first-order valence-corrected chi connectivity index (χ1v) is 8.19. The van der Waals surface area contributed by atoms with Crippen LogP contribution in [0.5, 0.6) is 0 Å². The quantitative estimate of drug-likeness (QED) is 0.272. The van der Waals surface area contributed by atoms with Gasteiger partial charge in [0.1, 0.15) is 0 Å². The van der Waals surface area contributed by atoms with Gasteiger partial charge in [0.25, 0.3) is 5.67 Å². The lowest BCUT2D eigenvalue weighted by Crippen LogP contribution is -2.64. The maximum Gasteiger partial charge on any atom is 0.457 e. The van der Waals surface area contributed by atoms with Crippen LogP contribution in [0, 0.1) is 52.4 Å². The van der Waals surface area contributed by atoms with E-state index in [-0.39, 0.29) is 0 Å². The summed E-state index contributed by atoms with van der Waals surface area (Å²) in [4.78, 5) is 0. The topological polar surface area (TPSA) is 20.2 Å². The van der Waals surface area contributed by atoms with E-state index in [1.54, 1.807) is 0 Å². The monoisotopic (exact) mass is 544 g/mol. The van der Waals surface area contributed by atoms with Crippen molar-refractivity contribution in [1.29, 1.82) is 0 Å². The van der Waals surface area contributed by atoms with E-state index in [9.17, 15) is 66.6 Å². The number of halogens is 17. The van der Waals surface area contributed by atoms with Gasteiger partial charge in [-0.25, -0.2) is 43.9 Å². The molecule has 194 valence electrons. The third kappa shape index (κ3) is 2.71. The Bertz CT molecular complexity index is 1240. The van der Waals surface area contributed by atoms with Crippen molar-refractivity contribution in [3.63, 3.8) is 0 Å². The van der Waals surface area contributed by atoms with Gasteiger partial charge in [-0.15, -0.1) is 0 Å². The molecule has 0 spiro atoms. The first-order valence-electron chi connectivity index (χ1n) is 8.19. The third-order valence-electron chi connectivity index (χ3n) is 5.22. The van der Waals surface area contributed by atoms with Crippen LogP contribution in [0.15, 0.2) is 0 Å². The Morgan fingerprint density at radius 3 is 1.09 bits per heavy atom. The van der Waals surface area contributed by atoms with Crippen LogP contribution >= 0.6 is 0 Å². The van der Waals surface area contributed by atoms with Crippen molar-refractivity contribution < 1.29 is 79.7 Å². The molecule has 3 rings (SSSR count). The summed E-state index contributed by atoms with van der Waals surface area (Å²) in [6, 6.07) is 0. The summed E-state index contributed by atoms with van der Waals surface area (Å²) in [5.74, 6) is -46.6. The number of aliphatic hydroxyl groups is 1. The molecule has 1 aliphatic carbocycles. The van der Waals surface area contributed by atoms with Crippen LogP contribution in [0.3, 0.4) is 0 Å². The fourth-order valence-corrected chi connectivity index (χ4v) is 3.61. The van der Waals surface area contributed by atoms with E-state index in [0.717, 1.165) is 0 Å². The number of hydrogen-bond donors (Lipinski definition) is 1. The molecule has 35 heavy (non-hydrogen) atoms. The highest BCUT2D eigenvalue weighted by Crippen LogP contribution is 2.70. The van der Waals surface area contributed by atoms with Crippen LogP contribution < -0.4 is 0 Å². The molecule has 0 saturated carbocycles. The normalized spacial score (nSPS) is 24.2. The van der Waals surface area contributed by atoms with Gasteiger partial charge in [-0.2, -0.15) is 30.7 Å². The summed E-state index contributed by atoms with van der Waals surface area (Å²) >= 11 is 0. The summed E-state index contributed by atoms with van der Waals surface area (Å²) in [6.07, 6.45) is -7.56. The van der Waals surface area contributed by atoms with Gasteiger partial charge in [-0.3, -0.25) is 0 Å². The molecule has 0 aromatic heterocycles. The van der Waals surface area contributed by atoms with E-state index >= 15 is 13.2 Å². The second-order valence-electron chi connectivity index (χ2n) is 6.97. The van der Waals surface area contributed by atoms with Crippen molar-refractivity contribution in [3.05, 3.63) is 69.0 Å². The average Bonchev–Trinajstić information content (AvgIpc) is 2.89. The van der Waals surface area contributed by atoms with Gasteiger partial charge in [0.05, 0.1) is 11.1 Å². The lowest BCUT2D eigenvalue weighted by molar-refractivity contribution is -0.379. The molecule has 1 N–H and O–H groups in total. The van der Waals surface area contributed by atoms with Crippen LogP contribution in [0.25, 0.3) is 0 Å². The molecular weight excluding hydrogens is 543 g/mol. The maximum absolute atomic E-state index is 15.3. The second kappa shape index (κ2) is 7.13. The van der Waals surface area contributed by atoms with Gasteiger partial charge in [0.2, 0.25) is 5.82 Å². The van der Waals surface area contributed by atoms with Crippen LogP contribution in [-0.2, 0) is 11.3 Å². The van der Waals surface area contributed by atoms with Crippen molar-refractivity contribution in [3.8, 4) is 0 Å². The standard InChI is InChI=1S/C17HF17O/c18-4-1-2(5(19)9(23)8(4)22)14(27,16(30,31)17(32,33)34)15(28,29)13(1,35)3-6(20)10(24)12(26)11(25)7(3)21/h35H. The van der Waals surface area contributed by atoms with E-state index in [1.807, 2.05) is 0 Å². The Hall–Kier alpha value is -2.79. The van der Waals surface area contributed by atoms with Crippen molar-refractivity contribution in [2.75, 3.05) is 0 Å². The van der Waals surface area contributed by atoms with E-state index in [4.69, 9.17) is 0 Å². The Labute approximate surface area is 179 Å². The van der Waals surface area contributed by atoms with E-state index in [2.05, 4.69) is 0 Å².